The second-order valence-electron chi connectivity index (χ2n) is 5.35. The van der Waals surface area contributed by atoms with Crippen LogP contribution in [0.5, 0.6) is 5.75 Å². The van der Waals surface area contributed by atoms with Crippen LogP contribution in [0.3, 0.4) is 0 Å². The Bertz CT molecular complexity index is 604. The minimum absolute atomic E-state index is 0.0514. The minimum atomic E-state index is 0.0514. The molecule has 2 unspecified atom stereocenters. The fourth-order valence-electron chi connectivity index (χ4n) is 2.38. The third kappa shape index (κ3) is 3.74. The first kappa shape index (κ1) is 15.2. The Kier molecular flexibility index (Phi) is 4.87. The zero-order valence-corrected chi connectivity index (χ0v) is 12.9. The fourth-order valence-corrected chi connectivity index (χ4v) is 2.47. The van der Waals surface area contributed by atoms with Gasteiger partial charge in [-0.3, -0.25) is 0 Å². The summed E-state index contributed by atoms with van der Waals surface area (Å²) >= 11 is 5.79. The summed E-state index contributed by atoms with van der Waals surface area (Å²) in [5, 5.41) is 0.525. The van der Waals surface area contributed by atoms with Crippen molar-refractivity contribution >= 4 is 11.6 Å². The standard InChI is InChI=1S/C16H18ClN3O2/c17-13-7-19-16(20-8-13)11-1-3-14(4-2-11)22-9-12-5-6-21-10-15(12)18/h1-4,7-8,12,15H,5-6,9-10,18H2. The van der Waals surface area contributed by atoms with E-state index in [1.165, 1.54) is 0 Å². The molecule has 0 bridgehead atoms. The highest BCUT2D eigenvalue weighted by Crippen LogP contribution is 2.21. The van der Waals surface area contributed by atoms with Crippen LogP contribution in [0, 0.1) is 5.92 Å². The average Bonchev–Trinajstić information content (AvgIpc) is 2.55. The number of halogens is 1. The first-order chi connectivity index (χ1) is 10.7. The SMILES string of the molecule is NC1COCCC1COc1ccc(-c2ncc(Cl)cn2)cc1. The fraction of sp³-hybridized carbons (Fsp3) is 0.375. The average molecular weight is 320 g/mol. The van der Waals surface area contributed by atoms with Crippen molar-refractivity contribution in [2.45, 2.75) is 12.5 Å². The Morgan fingerprint density at radius 3 is 2.64 bits per heavy atom. The van der Waals surface area contributed by atoms with Crippen molar-refractivity contribution in [2.24, 2.45) is 11.7 Å². The largest absolute Gasteiger partial charge is 0.493 e. The first-order valence-electron chi connectivity index (χ1n) is 7.26. The summed E-state index contributed by atoms with van der Waals surface area (Å²) in [6.07, 6.45) is 4.11. The maximum atomic E-state index is 6.02. The van der Waals surface area contributed by atoms with E-state index in [1.54, 1.807) is 12.4 Å². The number of rotatable bonds is 4. The van der Waals surface area contributed by atoms with Crippen LogP contribution in [-0.4, -0.2) is 35.8 Å². The highest BCUT2D eigenvalue weighted by molar-refractivity contribution is 6.30. The summed E-state index contributed by atoms with van der Waals surface area (Å²) in [6, 6.07) is 7.75. The zero-order valence-electron chi connectivity index (χ0n) is 12.1. The molecule has 1 aromatic carbocycles. The van der Waals surface area contributed by atoms with Gasteiger partial charge < -0.3 is 15.2 Å². The molecule has 1 saturated heterocycles. The summed E-state index contributed by atoms with van der Waals surface area (Å²) < 4.78 is 11.2. The van der Waals surface area contributed by atoms with Gasteiger partial charge in [-0.15, -0.1) is 0 Å². The highest BCUT2D eigenvalue weighted by atomic mass is 35.5. The molecule has 0 aliphatic carbocycles. The van der Waals surface area contributed by atoms with Crippen LogP contribution in [0.2, 0.25) is 5.02 Å². The number of hydrogen-bond donors (Lipinski definition) is 1. The maximum Gasteiger partial charge on any atom is 0.159 e. The maximum absolute atomic E-state index is 6.02. The summed E-state index contributed by atoms with van der Waals surface area (Å²) in [6.45, 7) is 1.98. The van der Waals surface area contributed by atoms with E-state index in [0.29, 0.717) is 30.0 Å². The van der Waals surface area contributed by atoms with Crippen LogP contribution >= 0.6 is 11.6 Å². The first-order valence-corrected chi connectivity index (χ1v) is 7.64. The molecule has 3 rings (SSSR count). The van der Waals surface area contributed by atoms with E-state index in [-0.39, 0.29) is 6.04 Å². The van der Waals surface area contributed by atoms with Crippen LogP contribution in [-0.2, 0) is 4.74 Å². The van der Waals surface area contributed by atoms with E-state index in [9.17, 15) is 0 Å². The number of hydrogen-bond acceptors (Lipinski definition) is 5. The Morgan fingerprint density at radius 2 is 1.95 bits per heavy atom. The van der Waals surface area contributed by atoms with E-state index in [1.807, 2.05) is 24.3 Å². The molecule has 1 fully saturated rings. The van der Waals surface area contributed by atoms with Crippen molar-refractivity contribution in [2.75, 3.05) is 19.8 Å². The number of nitrogens with zero attached hydrogens (tertiary/aromatic N) is 2. The monoisotopic (exact) mass is 319 g/mol. The van der Waals surface area contributed by atoms with Gasteiger partial charge >= 0.3 is 0 Å². The van der Waals surface area contributed by atoms with Crippen LogP contribution < -0.4 is 10.5 Å². The van der Waals surface area contributed by atoms with E-state index in [2.05, 4.69) is 9.97 Å². The van der Waals surface area contributed by atoms with Gasteiger partial charge in [0.05, 0.1) is 18.2 Å². The Labute approximate surface area is 134 Å². The van der Waals surface area contributed by atoms with Crippen LogP contribution in [0.15, 0.2) is 36.7 Å². The Balaban J connectivity index is 1.60. The Hall–Kier alpha value is -1.69. The van der Waals surface area contributed by atoms with Crippen molar-refractivity contribution in [3.8, 4) is 17.1 Å². The van der Waals surface area contributed by atoms with Gasteiger partial charge in [-0.05, 0) is 30.7 Å². The summed E-state index contributed by atoms with van der Waals surface area (Å²) in [5.74, 6) is 1.80. The van der Waals surface area contributed by atoms with Crippen molar-refractivity contribution in [1.29, 1.82) is 0 Å². The van der Waals surface area contributed by atoms with E-state index >= 15 is 0 Å². The second-order valence-corrected chi connectivity index (χ2v) is 5.78. The zero-order chi connectivity index (χ0) is 15.4. The number of ether oxygens (including phenoxy) is 2. The molecule has 1 aromatic heterocycles. The van der Waals surface area contributed by atoms with Gasteiger partial charge in [0, 0.05) is 36.5 Å². The lowest BCUT2D eigenvalue weighted by Crippen LogP contribution is -2.42. The van der Waals surface area contributed by atoms with Crippen molar-refractivity contribution in [3.05, 3.63) is 41.7 Å². The molecule has 2 N–H and O–H groups in total. The molecule has 0 spiro atoms. The number of benzene rings is 1. The molecule has 2 atom stereocenters. The molecule has 5 nitrogen and oxygen atoms in total. The van der Waals surface area contributed by atoms with E-state index in [0.717, 1.165) is 24.3 Å². The van der Waals surface area contributed by atoms with Gasteiger partial charge in [-0.25, -0.2) is 9.97 Å². The summed E-state index contributed by atoms with van der Waals surface area (Å²) in [5.41, 5.74) is 6.95. The molecule has 2 aromatic rings. The lowest BCUT2D eigenvalue weighted by Gasteiger charge is -2.28. The van der Waals surface area contributed by atoms with Gasteiger partial charge in [0.1, 0.15) is 5.75 Å². The van der Waals surface area contributed by atoms with E-state index < -0.39 is 0 Å². The predicted octanol–water partition coefficient (Wildman–Crippen LogP) is 2.54. The molecule has 2 heterocycles. The minimum Gasteiger partial charge on any atom is -0.493 e. The number of nitrogens with two attached hydrogens (primary N) is 1. The van der Waals surface area contributed by atoms with Crippen LogP contribution in [0.1, 0.15) is 6.42 Å². The molecule has 116 valence electrons. The summed E-state index contributed by atoms with van der Waals surface area (Å²) in [4.78, 5) is 8.39. The van der Waals surface area contributed by atoms with Crippen molar-refractivity contribution in [3.63, 3.8) is 0 Å². The van der Waals surface area contributed by atoms with Crippen LogP contribution in [0.4, 0.5) is 0 Å². The molecular formula is C16H18ClN3O2. The van der Waals surface area contributed by atoms with Crippen molar-refractivity contribution in [1.82, 2.24) is 9.97 Å². The van der Waals surface area contributed by atoms with E-state index in [4.69, 9.17) is 26.8 Å². The molecule has 1 aliphatic heterocycles. The molecule has 0 saturated carbocycles. The summed E-state index contributed by atoms with van der Waals surface area (Å²) in [7, 11) is 0. The van der Waals surface area contributed by atoms with Crippen molar-refractivity contribution < 1.29 is 9.47 Å². The molecule has 0 amide bonds. The molecule has 0 radical (unpaired) electrons. The molecule has 22 heavy (non-hydrogen) atoms. The smallest absolute Gasteiger partial charge is 0.159 e. The van der Waals surface area contributed by atoms with Crippen LogP contribution in [0.25, 0.3) is 11.4 Å². The Morgan fingerprint density at radius 1 is 1.23 bits per heavy atom. The number of aromatic nitrogens is 2. The quantitative estimate of drug-likeness (QED) is 0.937. The van der Waals surface area contributed by atoms with Gasteiger partial charge in [0.15, 0.2) is 5.82 Å². The third-order valence-electron chi connectivity index (χ3n) is 3.75. The molecule has 6 heteroatoms. The lowest BCUT2D eigenvalue weighted by atomic mass is 9.97. The van der Waals surface area contributed by atoms with Gasteiger partial charge in [-0.1, -0.05) is 11.6 Å². The van der Waals surface area contributed by atoms with Gasteiger partial charge in [0.25, 0.3) is 0 Å². The lowest BCUT2D eigenvalue weighted by molar-refractivity contribution is 0.0328. The predicted molar refractivity (Wildman–Crippen MR) is 84.9 cm³/mol. The highest BCUT2D eigenvalue weighted by Gasteiger charge is 2.22. The van der Waals surface area contributed by atoms with Gasteiger partial charge in [-0.2, -0.15) is 0 Å². The molecular weight excluding hydrogens is 302 g/mol. The third-order valence-corrected chi connectivity index (χ3v) is 3.94. The second kappa shape index (κ2) is 7.05. The molecule has 1 aliphatic rings. The van der Waals surface area contributed by atoms with Gasteiger partial charge in [0.2, 0.25) is 0 Å². The topological polar surface area (TPSA) is 70.3 Å². The normalized spacial score (nSPS) is 21.5.